The van der Waals surface area contributed by atoms with Gasteiger partial charge in [0.25, 0.3) is 0 Å². The highest BCUT2D eigenvalue weighted by atomic mass is 16.5. The number of hydrogen-bond donors (Lipinski definition) is 0. The minimum atomic E-state index is -0.369. The summed E-state index contributed by atoms with van der Waals surface area (Å²) in [6, 6.07) is 20.1. The normalized spacial score (nSPS) is 10.6. The Hall–Kier alpha value is -2.81. The van der Waals surface area contributed by atoms with Crippen molar-refractivity contribution in [2.24, 2.45) is 0 Å². The molecule has 2 aromatic carbocycles. The number of aromatic nitrogens is 1. The number of ether oxygens (including phenoxy) is 1. The molecule has 0 N–H and O–H groups in total. The van der Waals surface area contributed by atoms with E-state index in [2.05, 4.69) is 12.1 Å². The van der Waals surface area contributed by atoms with Crippen LogP contribution in [0.25, 0.3) is 22.4 Å². The maximum Gasteiger partial charge on any atom is 0.418 e. The first kappa shape index (κ1) is 15.1. The van der Waals surface area contributed by atoms with Crippen molar-refractivity contribution in [1.82, 2.24) is 4.57 Å². The van der Waals surface area contributed by atoms with Gasteiger partial charge in [0, 0.05) is 11.3 Å². The van der Waals surface area contributed by atoms with E-state index < -0.39 is 0 Å². The van der Waals surface area contributed by atoms with Gasteiger partial charge in [-0.25, -0.2) is 9.36 Å². The molecule has 1 heterocycles. The Morgan fingerprint density at radius 1 is 0.870 bits per heavy atom. The molecule has 23 heavy (non-hydrogen) atoms. The van der Waals surface area contributed by atoms with Crippen molar-refractivity contribution in [2.75, 3.05) is 7.11 Å². The molecule has 3 nitrogen and oxygen atoms in total. The number of carbonyl (C=O) groups excluding carboxylic acids is 1. The molecule has 0 aliphatic rings. The summed E-state index contributed by atoms with van der Waals surface area (Å²) < 4.78 is 6.67. The van der Waals surface area contributed by atoms with Gasteiger partial charge in [0.05, 0.1) is 12.8 Å². The molecule has 116 valence electrons. The number of nitrogens with zero attached hydrogens (tertiary/aromatic N) is 1. The lowest BCUT2D eigenvalue weighted by Crippen LogP contribution is -2.14. The Labute approximate surface area is 136 Å². The fourth-order valence-corrected chi connectivity index (χ4v) is 2.95. The van der Waals surface area contributed by atoms with Crippen molar-refractivity contribution < 1.29 is 9.53 Å². The Morgan fingerprint density at radius 3 is 1.91 bits per heavy atom. The molecule has 0 atom stereocenters. The third-order valence-electron chi connectivity index (χ3n) is 4.18. The van der Waals surface area contributed by atoms with E-state index in [-0.39, 0.29) is 6.09 Å². The Bertz CT molecular complexity index is 833. The van der Waals surface area contributed by atoms with Crippen LogP contribution >= 0.6 is 0 Å². The molecular formula is C20H19NO2. The minimum absolute atomic E-state index is 0.369. The van der Waals surface area contributed by atoms with Crippen molar-refractivity contribution >= 4 is 6.09 Å². The van der Waals surface area contributed by atoms with E-state index in [9.17, 15) is 4.79 Å². The van der Waals surface area contributed by atoms with Gasteiger partial charge in [-0.15, -0.1) is 0 Å². The van der Waals surface area contributed by atoms with Crippen molar-refractivity contribution in [3.63, 3.8) is 0 Å². The van der Waals surface area contributed by atoms with Crippen LogP contribution in [0.15, 0.2) is 60.7 Å². The van der Waals surface area contributed by atoms with E-state index in [0.717, 1.165) is 33.6 Å². The fraction of sp³-hybridized carbons (Fsp3) is 0.150. The molecule has 0 fully saturated rings. The maximum atomic E-state index is 12.4. The highest BCUT2D eigenvalue weighted by Gasteiger charge is 2.24. The van der Waals surface area contributed by atoms with E-state index in [1.54, 1.807) is 4.57 Å². The van der Waals surface area contributed by atoms with E-state index >= 15 is 0 Å². The van der Waals surface area contributed by atoms with Crippen LogP contribution in [0.2, 0.25) is 0 Å². The molecule has 0 radical (unpaired) electrons. The Morgan fingerprint density at radius 2 is 1.39 bits per heavy atom. The van der Waals surface area contributed by atoms with Gasteiger partial charge in [-0.2, -0.15) is 0 Å². The van der Waals surface area contributed by atoms with Gasteiger partial charge in [-0.05, 0) is 30.5 Å². The topological polar surface area (TPSA) is 31.2 Å². The second-order valence-corrected chi connectivity index (χ2v) is 5.47. The number of rotatable bonds is 2. The second kappa shape index (κ2) is 6.13. The molecule has 0 aliphatic carbocycles. The van der Waals surface area contributed by atoms with Crippen LogP contribution in [0.4, 0.5) is 4.79 Å². The SMILES string of the molecule is COC(=O)n1c(C)c(C)c(-c2ccccc2)c1-c1ccccc1. The summed E-state index contributed by atoms with van der Waals surface area (Å²) in [4.78, 5) is 12.4. The smallest absolute Gasteiger partial charge is 0.418 e. The largest absolute Gasteiger partial charge is 0.452 e. The molecule has 0 amide bonds. The molecule has 0 saturated heterocycles. The third-order valence-corrected chi connectivity index (χ3v) is 4.18. The molecule has 3 heteroatoms. The van der Waals surface area contributed by atoms with E-state index in [1.807, 2.05) is 62.4 Å². The summed E-state index contributed by atoms with van der Waals surface area (Å²) >= 11 is 0. The van der Waals surface area contributed by atoms with Crippen molar-refractivity contribution in [2.45, 2.75) is 13.8 Å². The van der Waals surface area contributed by atoms with Gasteiger partial charge >= 0.3 is 6.09 Å². The molecule has 0 spiro atoms. The first-order chi connectivity index (χ1) is 11.1. The third kappa shape index (κ3) is 2.55. The van der Waals surface area contributed by atoms with Crippen molar-refractivity contribution in [3.05, 3.63) is 71.9 Å². The van der Waals surface area contributed by atoms with Gasteiger partial charge in [0.2, 0.25) is 0 Å². The molecule has 3 rings (SSSR count). The predicted octanol–water partition coefficient (Wildman–Crippen LogP) is 5.05. The highest BCUT2D eigenvalue weighted by molar-refractivity contribution is 5.91. The Kier molecular flexibility index (Phi) is 4.02. The van der Waals surface area contributed by atoms with Crippen LogP contribution in [-0.2, 0) is 4.74 Å². The molecule has 0 unspecified atom stereocenters. The van der Waals surface area contributed by atoms with Gasteiger partial charge in [-0.1, -0.05) is 60.7 Å². The van der Waals surface area contributed by atoms with E-state index in [4.69, 9.17) is 4.74 Å². The minimum Gasteiger partial charge on any atom is -0.452 e. The van der Waals surface area contributed by atoms with Crippen molar-refractivity contribution in [3.8, 4) is 22.4 Å². The Balaban J connectivity index is 2.38. The number of methoxy groups -OCH3 is 1. The van der Waals surface area contributed by atoms with Gasteiger partial charge in [0.1, 0.15) is 0 Å². The summed E-state index contributed by atoms with van der Waals surface area (Å²) in [6.45, 7) is 3.99. The number of hydrogen-bond acceptors (Lipinski definition) is 2. The highest BCUT2D eigenvalue weighted by Crippen LogP contribution is 2.38. The molecule has 0 aliphatic heterocycles. The zero-order chi connectivity index (χ0) is 16.4. The average Bonchev–Trinajstić information content (AvgIpc) is 2.87. The van der Waals surface area contributed by atoms with Gasteiger partial charge < -0.3 is 4.74 Å². The van der Waals surface area contributed by atoms with Crippen LogP contribution in [0, 0.1) is 13.8 Å². The predicted molar refractivity (Wildman–Crippen MR) is 92.6 cm³/mol. The van der Waals surface area contributed by atoms with Crippen LogP contribution in [0.5, 0.6) is 0 Å². The second-order valence-electron chi connectivity index (χ2n) is 5.47. The zero-order valence-corrected chi connectivity index (χ0v) is 13.5. The van der Waals surface area contributed by atoms with Crippen LogP contribution in [0.3, 0.4) is 0 Å². The summed E-state index contributed by atoms with van der Waals surface area (Å²) in [6.07, 6.45) is -0.369. The molecule has 0 bridgehead atoms. The first-order valence-corrected chi connectivity index (χ1v) is 7.56. The monoisotopic (exact) mass is 305 g/mol. The lowest BCUT2D eigenvalue weighted by Gasteiger charge is -2.11. The lowest BCUT2D eigenvalue weighted by molar-refractivity contribution is 0.173. The molecule has 0 saturated carbocycles. The van der Waals surface area contributed by atoms with Crippen LogP contribution in [-0.4, -0.2) is 17.8 Å². The molecule has 3 aromatic rings. The van der Waals surface area contributed by atoms with Crippen LogP contribution in [0.1, 0.15) is 11.3 Å². The fourth-order valence-electron chi connectivity index (χ4n) is 2.95. The van der Waals surface area contributed by atoms with Crippen LogP contribution < -0.4 is 0 Å². The lowest BCUT2D eigenvalue weighted by atomic mass is 9.98. The first-order valence-electron chi connectivity index (χ1n) is 7.56. The van der Waals surface area contributed by atoms with E-state index in [0.29, 0.717) is 0 Å². The van der Waals surface area contributed by atoms with E-state index in [1.165, 1.54) is 7.11 Å². The average molecular weight is 305 g/mol. The summed E-state index contributed by atoms with van der Waals surface area (Å²) in [5.74, 6) is 0. The molecular weight excluding hydrogens is 286 g/mol. The van der Waals surface area contributed by atoms with Crippen molar-refractivity contribution in [1.29, 1.82) is 0 Å². The quantitative estimate of drug-likeness (QED) is 0.663. The van der Waals surface area contributed by atoms with Gasteiger partial charge in [0.15, 0.2) is 0 Å². The molecule has 1 aromatic heterocycles. The maximum absolute atomic E-state index is 12.4. The number of carbonyl (C=O) groups is 1. The standard InChI is InChI=1S/C20H19NO2/c1-14-15(2)21(20(22)23-3)19(17-12-8-5-9-13-17)18(14)16-10-6-4-7-11-16/h4-13H,1-3H3. The summed E-state index contributed by atoms with van der Waals surface area (Å²) in [5, 5.41) is 0. The summed E-state index contributed by atoms with van der Waals surface area (Å²) in [5.41, 5.74) is 6.01. The van der Waals surface area contributed by atoms with Gasteiger partial charge in [-0.3, -0.25) is 0 Å². The zero-order valence-electron chi connectivity index (χ0n) is 13.5. The summed E-state index contributed by atoms with van der Waals surface area (Å²) in [7, 11) is 1.41. The number of benzene rings is 2.